The average Bonchev–Trinajstić information content (AvgIpc) is 2.26. The van der Waals surface area contributed by atoms with Crippen molar-refractivity contribution in [1.82, 2.24) is 5.32 Å². The van der Waals surface area contributed by atoms with Gasteiger partial charge in [-0.2, -0.15) is 0 Å². The molecule has 0 aliphatic heterocycles. The fourth-order valence-corrected chi connectivity index (χ4v) is 1.56. The number of hydrogen-bond donors (Lipinski definition) is 2. The molecule has 0 radical (unpaired) electrons. The Bertz CT molecular complexity index is 406. The third-order valence-corrected chi connectivity index (χ3v) is 2.43. The van der Waals surface area contributed by atoms with E-state index in [2.05, 4.69) is 5.32 Å². The number of halogens is 1. The summed E-state index contributed by atoms with van der Waals surface area (Å²) >= 11 is 5.81. The van der Waals surface area contributed by atoms with Crippen molar-refractivity contribution in [2.45, 2.75) is 19.3 Å². The lowest BCUT2D eigenvalue weighted by Crippen LogP contribution is -2.26. The Morgan fingerprint density at radius 2 is 2.06 bits per heavy atom. The maximum absolute atomic E-state index is 11.3. The van der Waals surface area contributed by atoms with Gasteiger partial charge in [0.1, 0.15) is 0 Å². The molecule has 0 spiro atoms. The first-order chi connectivity index (χ1) is 8.08. The minimum atomic E-state index is -0.917. The van der Waals surface area contributed by atoms with E-state index < -0.39 is 5.97 Å². The highest BCUT2D eigenvalue weighted by Crippen LogP contribution is 2.11. The predicted octanol–water partition coefficient (Wildman–Crippen LogP) is 1.86. The zero-order chi connectivity index (χ0) is 12.7. The van der Waals surface area contributed by atoms with E-state index in [0.717, 1.165) is 5.56 Å². The van der Waals surface area contributed by atoms with Gasteiger partial charge in [0.05, 0.1) is 6.42 Å². The largest absolute Gasteiger partial charge is 0.481 e. The van der Waals surface area contributed by atoms with E-state index >= 15 is 0 Å². The van der Waals surface area contributed by atoms with Gasteiger partial charge in [0.25, 0.3) is 0 Å². The number of carboxylic acid groups (broad SMARTS) is 1. The molecule has 1 rings (SSSR count). The highest BCUT2D eigenvalue weighted by molar-refractivity contribution is 6.30. The van der Waals surface area contributed by atoms with Gasteiger partial charge < -0.3 is 10.4 Å². The quantitative estimate of drug-likeness (QED) is 0.815. The fraction of sp³-hybridized carbons (Fsp3) is 0.333. The normalized spacial score (nSPS) is 9.94. The Kier molecular flexibility index (Phi) is 5.49. The zero-order valence-electron chi connectivity index (χ0n) is 9.28. The van der Waals surface area contributed by atoms with Crippen LogP contribution in [0.4, 0.5) is 0 Å². The molecule has 0 aliphatic rings. The summed E-state index contributed by atoms with van der Waals surface area (Å²) in [5, 5.41) is 11.6. The molecule has 2 N–H and O–H groups in total. The number of rotatable bonds is 6. The van der Waals surface area contributed by atoms with Crippen LogP contribution < -0.4 is 5.32 Å². The molecule has 1 amide bonds. The average molecular weight is 256 g/mol. The maximum Gasteiger partial charge on any atom is 0.305 e. The van der Waals surface area contributed by atoms with E-state index in [0.29, 0.717) is 17.9 Å². The van der Waals surface area contributed by atoms with Crippen molar-refractivity contribution >= 4 is 23.5 Å². The number of carbonyl (C=O) groups excluding carboxylic acids is 1. The Labute approximate surface area is 105 Å². The van der Waals surface area contributed by atoms with E-state index in [1.165, 1.54) is 0 Å². The molecule has 1 aromatic rings. The van der Waals surface area contributed by atoms with Crippen LogP contribution in [0, 0.1) is 0 Å². The highest BCUT2D eigenvalue weighted by atomic mass is 35.5. The summed E-state index contributed by atoms with van der Waals surface area (Å²) in [5.41, 5.74) is 0.992. The second-order valence-electron chi connectivity index (χ2n) is 3.62. The molecule has 0 heterocycles. The molecule has 0 fully saturated rings. The number of aryl methyl sites for hydroxylation is 1. The van der Waals surface area contributed by atoms with Gasteiger partial charge in [-0.15, -0.1) is 0 Å². The smallest absolute Gasteiger partial charge is 0.305 e. The first-order valence-electron chi connectivity index (χ1n) is 5.31. The molecule has 0 unspecified atom stereocenters. The predicted molar refractivity (Wildman–Crippen MR) is 65.0 cm³/mol. The van der Waals surface area contributed by atoms with E-state index in [1.807, 2.05) is 18.2 Å². The van der Waals surface area contributed by atoms with Crippen molar-refractivity contribution < 1.29 is 14.7 Å². The molecule has 0 atom stereocenters. The summed E-state index contributed by atoms with van der Waals surface area (Å²) in [6.07, 6.45) is 0.877. The SMILES string of the molecule is O=C(O)CCNC(=O)CCc1cccc(Cl)c1. The maximum atomic E-state index is 11.3. The van der Waals surface area contributed by atoms with Crippen LogP contribution in [0.1, 0.15) is 18.4 Å². The first-order valence-corrected chi connectivity index (χ1v) is 5.68. The van der Waals surface area contributed by atoms with Gasteiger partial charge in [-0.3, -0.25) is 9.59 Å². The number of carbonyl (C=O) groups is 2. The van der Waals surface area contributed by atoms with Crippen LogP contribution in [0.15, 0.2) is 24.3 Å². The molecule has 0 saturated heterocycles. The van der Waals surface area contributed by atoms with Gasteiger partial charge in [0.15, 0.2) is 0 Å². The Morgan fingerprint density at radius 1 is 1.29 bits per heavy atom. The zero-order valence-corrected chi connectivity index (χ0v) is 10.0. The Morgan fingerprint density at radius 3 is 2.71 bits per heavy atom. The molecule has 0 bridgehead atoms. The summed E-state index contributed by atoms with van der Waals surface area (Å²) in [4.78, 5) is 21.6. The molecular weight excluding hydrogens is 242 g/mol. The molecule has 0 saturated carbocycles. The third kappa shape index (κ3) is 5.92. The van der Waals surface area contributed by atoms with Crippen LogP contribution in [0.3, 0.4) is 0 Å². The molecule has 17 heavy (non-hydrogen) atoms. The number of amides is 1. The minimum Gasteiger partial charge on any atom is -0.481 e. The van der Waals surface area contributed by atoms with Crippen molar-refractivity contribution in [2.75, 3.05) is 6.54 Å². The van der Waals surface area contributed by atoms with E-state index in [9.17, 15) is 9.59 Å². The standard InChI is InChI=1S/C12H14ClNO3/c13-10-3-1-2-9(8-10)4-5-11(15)14-7-6-12(16)17/h1-3,8H,4-7H2,(H,14,15)(H,16,17). The second-order valence-corrected chi connectivity index (χ2v) is 4.06. The van der Waals surface area contributed by atoms with Crippen LogP contribution in [0.5, 0.6) is 0 Å². The van der Waals surface area contributed by atoms with Crippen LogP contribution >= 0.6 is 11.6 Å². The number of nitrogens with one attached hydrogen (secondary N) is 1. The van der Waals surface area contributed by atoms with E-state index in [-0.39, 0.29) is 18.9 Å². The van der Waals surface area contributed by atoms with E-state index in [1.54, 1.807) is 6.07 Å². The van der Waals surface area contributed by atoms with Crippen molar-refractivity contribution in [3.63, 3.8) is 0 Å². The second kappa shape index (κ2) is 6.91. The number of aliphatic carboxylic acids is 1. The lowest BCUT2D eigenvalue weighted by Gasteiger charge is -2.04. The molecule has 1 aromatic carbocycles. The summed E-state index contributed by atoms with van der Waals surface area (Å²) in [7, 11) is 0. The lowest BCUT2D eigenvalue weighted by atomic mass is 10.1. The minimum absolute atomic E-state index is 0.0527. The fourth-order valence-electron chi connectivity index (χ4n) is 1.35. The van der Waals surface area contributed by atoms with Crippen molar-refractivity contribution in [1.29, 1.82) is 0 Å². The summed E-state index contributed by atoms with van der Waals surface area (Å²) in [5.74, 6) is -1.06. The van der Waals surface area contributed by atoms with Gasteiger partial charge in [-0.1, -0.05) is 23.7 Å². The van der Waals surface area contributed by atoms with Crippen molar-refractivity contribution in [2.24, 2.45) is 0 Å². The molecule has 92 valence electrons. The van der Waals surface area contributed by atoms with Crippen molar-refractivity contribution in [3.05, 3.63) is 34.9 Å². The summed E-state index contributed by atoms with van der Waals surface area (Å²) in [6.45, 7) is 0.170. The summed E-state index contributed by atoms with van der Waals surface area (Å²) < 4.78 is 0. The van der Waals surface area contributed by atoms with Crippen LogP contribution in [-0.4, -0.2) is 23.5 Å². The highest BCUT2D eigenvalue weighted by Gasteiger charge is 2.03. The van der Waals surface area contributed by atoms with Gasteiger partial charge in [-0.25, -0.2) is 0 Å². The van der Waals surface area contributed by atoms with Gasteiger partial charge in [0.2, 0.25) is 5.91 Å². The van der Waals surface area contributed by atoms with Crippen LogP contribution in [-0.2, 0) is 16.0 Å². The Balaban J connectivity index is 2.26. The third-order valence-electron chi connectivity index (χ3n) is 2.19. The number of benzene rings is 1. The Hall–Kier alpha value is -1.55. The molecule has 0 aliphatic carbocycles. The molecule has 5 heteroatoms. The van der Waals surface area contributed by atoms with Crippen molar-refractivity contribution in [3.8, 4) is 0 Å². The summed E-state index contributed by atoms with van der Waals surface area (Å²) in [6, 6.07) is 7.32. The van der Waals surface area contributed by atoms with Crippen LogP contribution in [0.25, 0.3) is 0 Å². The molecule has 0 aromatic heterocycles. The molecular formula is C12H14ClNO3. The van der Waals surface area contributed by atoms with Gasteiger partial charge in [-0.05, 0) is 24.1 Å². The van der Waals surface area contributed by atoms with E-state index in [4.69, 9.17) is 16.7 Å². The van der Waals surface area contributed by atoms with Gasteiger partial charge >= 0.3 is 5.97 Å². The topological polar surface area (TPSA) is 66.4 Å². The van der Waals surface area contributed by atoms with Crippen LogP contribution in [0.2, 0.25) is 5.02 Å². The first kappa shape index (κ1) is 13.5. The van der Waals surface area contributed by atoms with Gasteiger partial charge in [0, 0.05) is 18.0 Å². The number of hydrogen-bond acceptors (Lipinski definition) is 2. The monoisotopic (exact) mass is 255 g/mol. The molecule has 4 nitrogen and oxygen atoms in total. The number of carboxylic acids is 1. The lowest BCUT2D eigenvalue weighted by molar-refractivity contribution is -0.136.